The summed E-state index contributed by atoms with van der Waals surface area (Å²) in [6.45, 7) is -0.0473. The zero-order valence-corrected chi connectivity index (χ0v) is 42.7. The van der Waals surface area contributed by atoms with Crippen molar-refractivity contribution in [3.05, 3.63) is 273 Å². The standard InChI is InChI=1S/C72H45BN6/c1-7-31-58-52(25-1)53-26-2-8-32-59(53)74(58)46-19-13-22-49(43-46)77-64-37-16-39-66-70(64)73-71-65(77)38-17-40-67(71)79(51-24-15-21-48(45-51)76-62-35-11-5-29-56(62)57-30-6-12-36-63(57)76)69-42-18-41-68(72(69)73)78(66)50-23-14-20-47(44-50)75-60-33-9-3-27-54(60)55-28-4-10-34-61(55)75/h1-45H. The molecule has 0 bridgehead atoms. The van der Waals surface area contributed by atoms with Crippen molar-refractivity contribution in [2.45, 2.75) is 0 Å². The molecular weight excluding hydrogens is 960 g/mol. The number of hydrogen-bond acceptors (Lipinski definition) is 3. The molecule has 0 fully saturated rings. The van der Waals surface area contributed by atoms with Crippen LogP contribution in [0.15, 0.2) is 273 Å². The molecule has 18 rings (SSSR count). The summed E-state index contributed by atoms with van der Waals surface area (Å²) in [4.78, 5) is 7.64. The fraction of sp³-hybridized carbons (Fsp3) is 0. The molecule has 0 radical (unpaired) electrons. The first-order valence-corrected chi connectivity index (χ1v) is 27.3. The SMILES string of the molecule is c1cc(N2c3cccc4c3B3c5c2cccc5N(c2cccc(-n5c6ccccc6c6ccccc65)c2)c2cccc(c23)N4c2cccc(-n3c4ccccc4c4ccccc43)c2)cc(-n2c3ccccc3c3ccccc32)c1. The summed E-state index contributed by atoms with van der Waals surface area (Å²) in [5.41, 5.74) is 24.8. The third kappa shape index (κ3) is 5.80. The molecule has 366 valence electrons. The number of rotatable bonds is 6. The van der Waals surface area contributed by atoms with Crippen LogP contribution in [0.5, 0.6) is 0 Å². The number of para-hydroxylation sites is 6. The molecule has 0 amide bonds. The molecule has 0 unspecified atom stereocenters. The quantitative estimate of drug-likeness (QED) is 0.155. The van der Waals surface area contributed by atoms with Gasteiger partial charge in [-0.25, -0.2) is 0 Å². The lowest BCUT2D eigenvalue weighted by molar-refractivity contribution is 1.16. The zero-order chi connectivity index (χ0) is 51.4. The Morgan fingerprint density at radius 3 is 0.633 bits per heavy atom. The highest BCUT2D eigenvalue weighted by Gasteiger charge is 2.49. The molecule has 6 nitrogen and oxygen atoms in total. The molecule has 0 saturated carbocycles. The van der Waals surface area contributed by atoms with Gasteiger partial charge in [-0.2, -0.15) is 0 Å². The normalized spacial score (nSPS) is 13.2. The van der Waals surface area contributed by atoms with E-state index in [0.29, 0.717) is 0 Å². The first-order chi connectivity index (χ1) is 39.2. The molecule has 3 aliphatic heterocycles. The van der Waals surface area contributed by atoms with E-state index in [0.717, 1.165) is 34.1 Å². The topological polar surface area (TPSA) is 24.5 Å². The van der Waals surface area contributed by atoms with Crippen molar-refractivity contribution in [1.82, 2.24) is 13.7 Å². The molecule has 6 heterocycles. The van der Waals surface area contributed by atoms with Gasteiger partial charge in [0, 0.05) is 101 Å². The average molecular weight is 1010 g/mol. The molecule has 12 aromatic carbocycles. The van der Waals surface area contributed by atoms with Gasteiger partial charge in [-0.05, 0) is 144 Å². The first kappa shape index (κ1) is 42.7. The van der Waals surface area contributed by atoms with Gasteiger partial charge in [-0.1, -0.05) is 146 Å². The molecule has 15 aromatic rings. The van der Waals surface area contributed by atoms with Gasteiger partial charge in [0.1, 0.15) is 0 Å². The molecule has 3 aliphatic rings. The summed E-state index contributed by atoms with van der Waals surface area (Å²) >= 11 is 0. The number of fused-ring (bicyclic) bond motifs is 9. The molecule has 0 saturated heterocycles. The van der Waals surface area contributed by atoms with E-state index in [1.807, 2.05) is 0 Å². The Morgan fingerprint density at radius 1 is 0.190 bits per heavy atom. The predicted octanol–water partition coefficient (Wildman–Crippen LogP) is 16.8. The van der Waals surface area contributed by atoms with E-state index in [2.05, 4.69) is 301 Å². The van der Waals surface area contributed by atoms with Crippen LogP contribution in [-0.2, 0) is 0 Å². The summed E-state index contributed by atoms with van der Waals surface area (Å²) in [5, 5.41) is 7.49. The summed E-state index contributed by atoms with van der Waals surface area (Å²) in [6.07, 6.45) is 0. The van der Waals surface area contributed by atoms with E-state index in [4.69, 9.17) is 0 Å². The highest BCUT2D eigenvalue weighted by atomic mass is 15.2. The van der Waals surface area contributed by atoms with Gasteiger partial charge in [-0.15, -0.1) is 0 Å². The smallest absolute Gasteiger partial charge is 0.257 e. The van der Waals surface area contributed by atoms with E-state index in [1.54, 1.807) is 0 Å². The Morgan fingerprint density at radius 2 is 0.392 bits per heavy atom. The Hall–Kier alpha value is -10.5. The van der Waals surface area contributed by atoms with Crippen LogP contribution in [-0.4, -0.2) is 20.4 Å². The Kier molecular flexibility index (Phi) is 8.66. The fourth-order valence-corrected chi connectivity index (χ4v) is 14.3. The number of benzene rings is 12. The van der Waals surface area contributed by atoms with Gasteiger partial charge < -0.3 is 28.4 Å². The highest BCUT2D eigenvalue weighted by Crippen LogP contribution is 2.51. The van der Waals surface area contributed by atoms with Gasteiger partial charge >= 0.3 is 0 Å². The maximum absolute atomic E-state index is 2.55. The summed E-state index contributed by atoms with van der Waals surface area (Å²) in [6, 6.07) is 101. The lowest BCUT2D eigenvalue weighted by Crippen LogP contribution is -2.64. The van der Waals surface area contributed by atoms with Crippen molar-refractivity contribution in [2.75, 3.05) is 14.7 Å². The van der Waals surface area contributed by atoms with Gasteiger partial charge in [0.2, 0.25) is 0 Å². The van der Waals surface area contributed by atoms with Crippen LogP contribution >= 0.6 is 0 Å². The van der Waals surface area contributed by atoms with E-state index in [1.165, 1.54) is 116 Å². The van der Waals surface area contributed by atoms with Crippen molar-refractivity contribution < 1.29 is 0 Å². The molecule has 0 spiro atoms. The highest BCUT2D eigenvalue weighted by molar-refractivity contribution is 7.02. The van der Waals surface area contributed by atoms with Gasteiger partial charge in [0.25, 0.3) is 6.71 Å². The Balaban J connectivity index is 0.894. The minimum Gasteiger partial charge on any atom is -0.311 e. The summed E-state index contributed by atoms with van der Waals surface area (Å²) in [7, 11) is 0. The second kappa shape index (κ2) is 16.0. The van der Waals surface area contributed by atoms with Crippen LogP contribution in [0.2, 0.25) is 0 Å². The zero-order valence-electron chi connectivity index (χ0n) is 42.7. The second-order valence-corrected chi connectivity index (χ2v) is 21.2. The molecule has 3 aromatic heterocycles. The maximum Gasteiger partial charge on any atom is 0.257 e. The largest absolute Gasteiger partial charge is 0.311 e. The van der Waals surface area contributed by atoms with Gasteiger partial charge in [0.05, 0.1) is 33.1 Å². The lowest BCUT2D eigenvalue weighted by Gasteiger charge is -2.49. The van der Waals surface area contributed by atoms with Crippen molar-refractivity contribution in [1.29, 1.82) is 0 Å². The maximum atomic E-state index is 2.55. The third-order valence-corrected chi connectivity index (χ3v) is 17.3. The number of aromatic nitrogens is 3. The van der Waals surface area contributed by atoms with E-state index in [9.17, 15) is 0 Å². The van der Waals surface area contributed by atoms with Crippen LogP contribution in [0.3, 0.4) is 0 Å². The first-order valence-electron chi connectivity index (χ1n) is 27.3. The van der Waals surface area contributed by atoms with E-state index in [-0.39, 0.29) is 6.71 Å². The van der Waals surface area contributed by atoms with Gasteiger partial charge in [-0.3, -0.25) is 0 Å². The van der Waals surface area contributed by atoms with Crippen LogP contribution < -0.4 is 31.1 Å². The van der Waals surface area contributed by atoms with Crippen molar-refractivity contribution in [2.24, 2.45) is 0 Å². The molecule has 0 aliphatic carbocycles. The van der Waals surface area contributed by atoms with E-state index < -0.39 is 0 Å². The minimum atomic E-state index is -0.0473. The second-order valence-electron chi connectivity index (χ2n) is 21.2. The molecule has 0 atom stereocenters. The van der Waals surface area contributed by atoms with Crippen LogP contribution in [0.1, 0.15) is 0 Å². The third-order valence-electron chi connectivity index (χ3n) is 17.3. The monoisotopic (exact) mass is 1000 g/mol. The number of hydrogen-bond donors (Lipinski definition) is 0. The molecule has 79 heavy (non-hydrogen) atoms. The van der Waals surface area contributed by atoms with Crippen molar-refractivity contribution in [3.63, 3.8) is 0 Å². The van der Waals surface area contributed by atoms with Crippen molar-refractivity contribution in [3.8, 4) is 17.1 Å². The summed E-state index contributed by atoms with van der Waals surface area (Å²) in [5.74, 6) is 0. The molecule has 0 N–H and O–H groups in total. The number of nitrogens with zero attached hydrogens (tertiary/aromatic N) is 6. The van der Waals surface area contributed by atoms with Crippen molar-refractivity contribution >= 4 is 140 Å². The molecular formula is C72H45BN6. The van der Waals surface area contributed by atoms with Gasteiger partial charge in [0.15, 0.2) is 0 Å². The Bertz CT molecular complexity index is 4370. The van der Waals surface area contributed by atoms with Crippen LogP contribution in [0.4, 0.5) is 51.2 Å². The predicted molar refractivity (Wildman–Crippen MR) is 332 cm³/mol. The molecule has 7 heteroatoms. The van der Waals surface area contributed by atoms with Crippen LogP contribution in [0, 0.1) is 0 Å². The summed E-state index contributed by atoms with van der Waals surface area (Å²) < 4.78 is 7.30. The lowest BCUT2D eigenvalue weighted by atomic mass is 9.32. The van der Waals surface area contributed by atoms with Crippen LogP contribution in [0.25, 0.3) is 82.5 Å². The Labute approximate surface area is 455 Å². The minimum absolute atomic E-state index is 0.0473. The van der Waals surface area contributed by atoms with E-state index >= 15 is 0 Å². The fourth-order valence-electron chi connectivity index (χ4n) is 14.3. The number of anilines is 9. The average Bonchev–Trinajstić information content (AvgIpc) is 3.92.